The average Bonchev–Trinajstić information content (AvgIpc) is 3.24. The van der Waals surface area contributed by atoms with Crippen molar-refractivity contribution in [3.63, 3.8) is 0 Å². The lowest BCUT2D eigenvalue weighted by atomic mass is 9.82. The monoisotopic (exact) mass is 355 g/mol. The Morgan fingerprint density at radius 2 is 2.19 bits per heavy atom. The van der Waals surface area contributed by atoms with Gasteiger partial charge in [0.25, 0.3) is 0 Å². The van der Waals surface area contributed by atoms with Crippen LogP contribution in [0.4, 0.5) is 14.7 Å². The molecule has 0 saturated heterocycles. The maximum atomic E-state index is 14.2. The van der Waals surface area contributed by atoms with E-state index in [0.717, 1.165) is 17.4 Å². The first-order chi connectivity index (χ1) is 12.6. The number of nitrogens with one attached hydrogen (secondary N) is 2. The zero-order valence-corrected chi connectivity index (χ0v) is 13.7. The molecule has 1 aliphatic rings. The molecule has 0 amide bonds. The predicted molar refractivity (Wildman–Crippen MR) is 92.0 cm³/mol. The van der Waals surface area contributed by atoms with Crippen molar-refractivity contribution < 1.29 is 8.78 Å². The Kier molecular flexibility index (Phi) is 3.18. The highest BCUT2D eigenvalue weighted by Gasteiger charge is 2.36. The molecule has 4 heterocycles. The molecule has 4 aromatic heterocycles. The van der Waals surface area contributed by atoms with Gasteiger partial charge < -0.3 is 10.3 Å². The number of hydrogen-bond acceptors (Lipinski definition) is 5. The predicted octanol–water partition coefficient (Wildman–Crippen LogP) is 3.11. The summed E-state index contributed by atoms with van der Waals surface area (Å²) in [6, 6.07) is 1.40. The lowest BCUT2D eigenvalue weighted by molar-refractivity contribution is 0.0782. The molecule has 0 aromatic carbocycles. The van der Waals surface area contributed by atoms with Crippen molar-refractivity contribution in [2.75, 3.05) is 11.9 Å². The number of H-pyrrole nitrogens is 1. The number of halogens is 2. The summed E-state index contributed by atoms with van der Waals surface area (Å²) in [6.07, 6.45) is 8.46. The Hall–Kier alpha value is -3.10. The van der Waals surface area contributed by atoms with Crippen LogP contribution in [0.1, 0.15) is 19.3 Å². The third kappa shape index (κ3) is 2.39. The van der Waals surface area contributed by atoms with E-state index in [1.165, 1.54) is 16.9 Å². The molecule has 4 aromatic rings. The van der Waals surface area contributed by atoms with Crippen LogP contribution in [-0.2, 0) is 0 Å². The number of pyridine rings is 1. The highest BCUT2D eigenvalue weighted by Crippen LogP contribution is 2.35. The van der Waals surface area contributed by atoms with E-state index in [1.807, 2.05) is 0 Å². The third-order valence-corrected chi connectivity index (χ3v) is 4.89. The Bertz CT molecular complexity index is 1110. The van der Waals surface area contributed by atoms with Gasteiger partial charge in [-0.05, 0) is 25.3 Å². The first-order valence-electron chi connectivity index (χ1n) is 8.38. The molecule has 1 aliphatic carbocycles. The van der Waals surface area contributed by atoms with Gasteiger partial charge in [0.1, 0.15) is 17.6 Å². The summed E-state index contributed by atoms with van der Waals surface area (Å²) >= 11 is 0. The van der Waals surface area contributed by atoms with Crippen molar-refractivity contribution in [1.29, 1.82) is 0 Å². The van der Waals surface area contributed by atoms with Crippen LogP contribution in [0.5, 0.6) is 0 Å². The van der Waals surface area contributed by atoms with E-state index in [2.05, 4.69) is 30.4 Å². The summed E-state index contributed by atoms with van der Waals surface area (Å²) in [4.78, 5) is 15.6. The molecule has 132 valence electrons. The van der Waals surface area contributed by atoms with Gasteiger partial charge in [0.05, 0.1) is 6.54 Å². The number of anilines is 1. The zero-order valence-electron chi connectivity index (χ0n) is 13.7. The maximum Gasteiger partial charge on any atom is 0.224 e. The molecule has 1 fully saturated rings. The Labute approximate surface area is 146 Å². The number of hydrogen-bond donors (Lipinski definition) is 2. The molecule has 0 bridgehead atoms. The standard InChI is InChI=1S/C17H15F2N7/c18-13-4-10(7-26-15(13)23-9-24-26)11-5-20-14-12(11)6-21-16(25-14)22-8-17(19)2-1-3-17/h4-7,9H,1-3,8H2,(H2,20,21,22,25). The molecular formula is C17H15F2N7. The molecule has 2 N–H and O–H groups in total. The van der Waals surface area contributed by atoms with Gasteiger partial charge in [-0.15, -0.1) is 0 Å². The third-order valence-electron chi connectivity index (χ3n) is 4.89. The number of fused-ring (bicyclic) bond motifs is 2. The van der Waals surface area contributed by atoms with E-state index in [-0.39, 0.29) is 12.2 Å². The van der Waals surface area contributed by atoms with Crippen LogP contribution >= 0.6 is 0 Å². The second kappa shape index (κ2) is 5.45. The summed E-state index contributed by atoms with van der Waals surface area (Å²) < 4.78 is 29.7. The minimum absolute atomic E-state index is 0.174. The second-order valence-electron chi connectivity index (χ2n) is 6.62. The normalized spacial score (nSPS) is 16.1. The number of nitrogens with zero attached hydrogens (tertiary/aromatic N) is 5. The smallest absolute Gasteiger partial charge is 0.224 e. The van der Waals surface area contributed by atoms with Gasteiger partial charge in [-0.1, -0.05) is 0 Å². The van der Waals surface area contributed by atoms with E-state index in [0.29, 0.717) is 30.0 Å². The van der Waals surface area contributed by atoms with E-state index < -0.39 is 11.5 Å². The SMILES string of the molecule is Fc1cc(-c2c[nH]c3nc(NCC4(F)CCC4)ncc23)cn2ncnc12. The lowest BCUT2D eigenvalue weighted by Gasteiger charge is -2.33. The van der Waals surface area contributed by atoms with Crippen LogP contribution in [0.2, 0.25) is 0 Å². The maximum absolute atomic E-state index is 14.2. The molecule has 0 atom stereocenters. The number of rotatable bonds is 4. The van der Waals surface area contributed by atoms with Crippen LogP contribution in [-0.4, -0.2) is 41.8 Å². The largest absolute Gasteiger partial charge is 0.351 e. The van der Waals surface area contributed by atoms with Gasteiger partial charge in [-0.3, -0.25) is 0 Å². The zero-order chi connectivity index (χ0) is 17.7. The van der Waals surface area contributed by atoms with Crippen LogP contribution in [0.15, 0.2) is 31.0 Å². The Morgan fingerprint density at radius 3 is 3.00 bits per heavy atom. The van der Waals surface area contributed by atoms with Crippen molar-refractivity contribution in [3.8, 4) is 11.1 Å². The van der Waals surface area contributed by atoms with Crippen LogP contribution in [0.25, 0.3) is 27.8 Å². The fourth-order valence-corrected chi connectivity index (χ4v) is 3.24. The van der Waals surface area contributed by atoms with Crippen LogP contribution < -0.4 is 5.32 Å². The molecule has 26 heavy (non-hydrogen) atoms. The molecular weight excluding hydrogens is 340 g/mol. The van der Waals surface area contributed by atoms with Gasteiger partial charge in [0, 0.05) is 35.1 Å². The number of aromatic amines is 1. The number of aromatic nitrogens is 6. The highest BCUT2D eigenvalue weighted by molar-refractivity contribution is 5.93. The van der Waals surface area contributed by atoms with E-state index in [4.69, 9.17) is 0 Å². The van der Waals surface area contributed by atoms with Crippen molar-refractivity contribution in [2.24, 2.45) is 0 Å². The summed E-state index contributed by atoms with van der Waals surface area (Å²) in [5, 5.41) is 7.69. The average molecular weight is 355 g/mol. The molecule has 0 radical (unpaired) electrons. The second-order valence-corrected chi connectivity index (χ2v) is 6.62. The molecule has 1 saturated carbocycles. The van der Waals surface area contributed by atoms with Crippen molar-refractivity contribution >= 4 is 22.6 Å². The fraction of sp³-hybridized carbons (Fsp3) is 0.294. The van der Waals surface area contributed by atoms with Crippen molar-refractivity contribution in [3.05, 3.63) is 36.8 Å². The first-order valence-corrected chi connectivity index (χ1v) is 8.38. The first kappa shape index (κ1) is 15.2. The summed E-state index contributed by atoms with van der Waals surface area (Å²) in [7, 11) is 0. The number of alkyl halides is 1. The molecule has 0 aliphatic heterocycles. The topological polar surface area (TPSA) is 83.8 Å². The molecule has 0 spiro atoms. The minimum atomic E-state index is -1.15. The Balaban J connectivity index is 1.48. The quantitative estimate of drug-likeness (QED) is 0.588. The minimum Gasteiger partial charge on any atom is -0.351 e. The summed E-state index contributed by atoms with van der Waals surface area (Å²) in [5.41, 5.74) is 1.01. The van der Waals surface area contributed by atoms with Gasteiger partial charge in [0.15, 0.2) is 11.5 Å². The van der Waals surface area contributed by atoms with Crippen molar-refractivity contribution in [2.45, 2.75) is 24.9 Å². The molecule has 9 heteroatoms. The van der Waals surface area contributed by atoms with Crippen molar-refractivity contribution in [1.82, 2.24) is 29.5 Å². The molecule has 0 unspecified atom stereocenters. The van der Waals surface area contributed by atoms with Gasteiger partial charge in [-0.25, -0.2) is 23.3 Å². The fourth-order valence-electron chi connectivity index (χ4n) is 3.24. The lowest BCUT2D eigenvalue weighted by Crippen LogP contribution is -2.39. The Morgan fingerprint density at radius 1 is 1.31 bits per heavy atom. The van der Waals surface area contributed by atoms with E-state index >= 15 is 0 Å². The van der Waals surface area contributed by atoms with Crippen LogP contribution in [0, 0.1) is 5.82 Å². The van der Waals surface area contributed by atoms with Crippen LogP contribution in [0.3, 0.4) is 0 Å². The van der Waals surface area contributed by atoms with Gasteiger partial charge >= 0.3 is 0 Å². The van der Waals surface area contributed by atoms with Gasteiger partial charge in [0.2, 0.25) is 5.95 Å². The van der Waals surface area contributed by atoms with Gasteiger partial charge in [-0.2, -0.15) is 10.1 Å². The summed E-state index contributed by atoms with van der Waals surface area (Å²) in [5.74, 6) is -0.0879. The highest BCUT2D eigenvalue weighted by atomic mass is 19.1. The van der Waals surface area contributed by atoms with E-state index in [9.17, 15) is 8.78 Å². The molecule has 7 nitrogen and oxygen atoms in total. The summed E-state index contributed by atoms with van der Waals surface area (Å²) in [6.45, 7) is 0.209. The van der Waals surface area contributed by atoms with E-state index in [1.54, 1.807) is 18.6 Å². The molecule has 5 rings (SSSR count).